The molecule has 1 atom stereocenters. The molecule has 2 N–H and O–H groups in total. The van der Waals surface area contributed by atoms with Gasteiger partial charge in [-0.25, -0.2) is 0 Å². The van der Waals surface area contributed by atoms with E-state index in [1.807, 2.05) is 18.2 Å². The molecule has 82 valence electrons. The summed E-state index contributed by atoms with van der Waals surface area (Å²) in [6, 6.07) is 5.78. The van der Waals surface area contributed by atoms with Crippen molar-refractivity contribution in [1.82, 2.24) is 0 Å². The summed E-state index contributed by atoms with van der Waals surface area (Å²) in [5.74, 6) is 0. The quantitative estimate of drug-likeness (QED) is 0.623. The van der Waals surface area contributed by atoms with E-state index in [-0.39, 0.29) is 18.5 Å². The molecular weight excluding hydrogens is 214 g/mol. The van der Waals surface area contributed by atoms with Crippen LogP contribution in [-0.4, -0.2) is 6.47 Å². The Balaban J connectivity index is 0.00000112. The molecule has 15 heavy (non-hydrogen) atoms. The Hall–Kier alpha value is -1.22. The van der Waals surface area contributed by atoms with Crippen LogP contribution in [0.3, 0.4) is 0 Å². The summed E-state index contributed by atoms with van der Waals surface area (Å²) in [4.78, 5) is 10.3. The number of nitrogen functional groups attached to an aromatic ring is 1. The summed E-state index contributed by atoms with van der Waals surface area (Å²) in [5, 5.41) is 0. The monoisotopic (exact) mass is 227 g/mol. The molecule has 0 bridgehead atoms. The van der Waals surface area contributed by atoms with Crippen LogP contribution in [0, 0.1) is 0 Å². The van der Waals surface area contributed by atoms with E-state index in [9.17, 15) is 4.79 Å². The van der Waals surface area contributed by atoms with Crippen LogP contribution in [0.1, 0.15) is 30.1 Å². The van der Waals surface area contributed by atoms with Crippen molar-refractivity contribution in [3.05, 3.63) is 29.3 Å². The highest BCUT2D eigenvalue weighted by Crippen LogP contribution is 2.32. The Morgan fingerprint density at radius 3 is 3.00 bits per heavy atom. The van der Waals surface area contributed by atoms with Crippen molar-refractivity contribution in [3.8, 4) is 0 Å². The molecule has 0 fully saturated rings. The van der Waals surface area contributed by atoms with Crippen LogP contribution in [0.25, 0.3) is 0 Å². The largest absolute Gasteiger partial charge is 0.460 e. The topological polar surface area (TPSA) is 52.3 Å². The van der Waals surface area contributed by atoms with Gasteiger partial charge in [0, 0.05) is 5.69 Å². The number of carbonyl (C=O) groups excluding carboxylic acids is 1. The SMILES string of the molecule is Cl.Nc1ccc2c(c1)CCCC2OC=O. The standard InChI is InChI=1S/C11H13NO2.ClH/c12-9-4-5-10-8(6-9)2-1-3-11(10)14-7-13;/h4-7,11H,1-3,12H2;1H. The number of hydrogen-bond donors (Lipinski definition) is 1. The normalized spacial score (nSPS) is 18.5. The van der Waals surface area contributed by atoms with Gasteiger partial charge in [0.05, 0.1) is 0 Å². The van der Waals surface area contributed by atoms with E-state index < -0.39 is 0 Å². The molecule has 0 aromatic heterocycles. The van der Waals surface area contributed by atoms with Crippen molar-refractivity contribution in [3.63, 3.8) is 0 Å². The molecule has 3 nitrogen and oxygen atoms in total. The van der Waals surface area contributed by atoms with Gasteiger partial charge in [0.15, 0.2) is 0 Å². The molecule has 0 amide bonds. The summed E-state index contributed by atoms with van der Waals surface area (Å²) < 4.78 is 5.03. The highest BCUT2D eigenvalue weighted by Gasteiger charge is 2.20. The number of nitrogens with two attached hydrogens (primary N) is 1. The van der Waals surface area contributed by atoms with Crippen LogP contribution in [0.15, 0.2) is 18.2 Å². The fourth-order valence-corrected chi connectivity index (χ4v) is 2.00. The van der Waals surface area contributed by atoms with E-state index in [4.69, 9.17) is 10.5 Å². The lowest BCUT2D eigenvalue weighted by atomic mass is 9.89. The van der Waals surface area contributed by atoms with Gasteiger partial charge in [-0.1, -0.05) is 6.07 Å². The lowest BCUT2D eigenvalue weighted by Gasteiger charge is -2.23. The number of fused-ring (bicyclic) bond motifs is 1. The first-order valence-corrected chi connectivity index (χ1v) is 4.78. The third-order valence-corrected chi connectivity index (χ3v) is 2.65. The molecule has 1 aromatic rings. The first-order chi connectivity index (χ1) is 6.81. The Morgan fingerprint density at radius 1 is 1.47 bits per heavy atom. The minimum Gasteiger partial charge on any atom is -0.460 e. The van der Waals surface area contributed by atoms with E-state index >= 15 is 0 Å². The van der Waals surface area contributed by atoms with Gasteiger partial charge in [0.1, 0.15) is 6.10 Å². The maximum absolute atomic E-state index is 10.3. The molecule has 0 heterocycles. The van der Waals surface area contributed by atoms with Crippen LogP contribution in [0.5, 0.6) is 0 Å². The van der Waals surface area contributed by atoms with Gasteiger partial charge in [-0.2, -0.15) is 0 Å². The lowest BCUT2D eigenvalue weighted by Crippen LogP contribution is -2.12. The van der Waals surface area contributed by atoms with Gasteiger partial charge < -0.3 is 10.5 Å². The van der Waals surface area contributed by atoms with Gasteiger partial charge in [0.25, 0.3) is 6.47 Å². The first kappa shape index (κ1) is 11.9. The van der Waals surface area contributed by atoms with Crippen LogP contribution < -0.4 is 5.73 Å². The van der Waals surface area contributed by atoms with Crippen LogP contribution in [0.4, 0.5) is 5.69 Å². The maximum Gasteiger partial charge on any atom is 0.293 e. The molecule has 2 rings (SSSR count). The zero-order valence-corrected chi connectivity index (χ0v) is 9.13. The number of rotatable bonds is 2. The van der Waals surface area contributed by atoms with Gasteiger partial charge in [-0.3, -0.25) is 4.79 Å². The van der Waals surface area contributed by atoms with Crippen molar-refractivity contribution in [2.24, 2.45) is 0 Å². The van der Waals surface area contributed by atoms with Crippen molar-refractivity contribution < 1.29 is 9.53 Å². The van der Waals surface area contributed by atoms with Crippen LogP contribution >= 0.6 is 12.4 Å². The van der Waals surface area contributed by atoms with E-state index in [2.05, 4.69) is 0 Å². The number of ether oxygens (including phenoxy) is 1. The van der Waals surface area contributed by atoms with E-state index in [0.29, 0.717) is 6.47 Å². The van der Waals surface area contributed by atoms with E-state index in [1.165, 1.54) is 5.56 Å². The molecule has 0 saturated heterocycles. The van der Waals surface area contributed by atoms with Gasteiger partial charge in [-0.15, -0.1) is 12.4 Å². The molecule has 4 heteroatoms. The summed E-state index contributed by atoms with van der Waals surface area (Å²) in [5.41, 5.74) is 8.78. The summed E-state index contributed by atoms with van der Waals surface area (Å²) >= 11 is 0. The number of hydrogen-bond acceptors (Lipinski definition) is 3. The lowest BCUT2D eigenvalue weighted by molar-refractivity contribution is -0.134. The predicted octanol–water partition coefficient (Wildman–Crippen LogP) is 2.24. The molecular formula is C11H14ClNO2. The fraction of sp³-hybridized carbons (Fsp3) is 0.364. The highest BCUT2D eigenvalue weighted by molar-refractivity contribution is 5.85. The molecule has 1 aliphatic rings. The third-order valence-electron chi connectivity index (χ3n) is 2.65. The van der Waals surface area contributed by atoms with Crippen molar-refractivity contribution in [1.29, 1.82) is 0 Å². The minimum atomic E-state index is -0.0724. The molecule has 1 unspecified atom stereocenters. The summed E-state index contributed by atoms with van der Waals surface area (Å²) in [6.07, 6.45) is 2.92. The molecule has 1 aromatic carbocycles. The fourth-order valence-electron chi connectivity index (χ4n) is 2.00. The smallest absolute Gasteiger partial charge is 0.293 e. The number of aryl methyl sites for hydroxylation is 1. The van der Waals surface area contributed by atoms with E-state index in [0.717, 1.165) is 30.5 Å². The second kappa shape index (κ2) is 5.03. The third kappa shape index (κ3) is 2.42. The van der Waals surface area contributed by atoms with Gasteiger partial charge in [-0.05, 0) is 42.5 Å². The molecule has 0 saturated carbocycles. The van der Waals surface area contributed by atoms with Crippen LogP contribution in [0.2, 0.25) is 0 Å². The Morgan fingerprint density at radius 2 is 2.27 bits per heavy atom. The first-order valence-electron chi connectivity index (χ1n) is 4.78. The molecule has 0 radical (unpaired) electrons. The molecule has 1 aliphatic carbocycles. The summed E-state index contributed by atoms with van der Waals surface area (Å²) in [7, 11) is 0. The zero-order chi connectivity index (χ0) is 9.97. The van der Waals surface area contributed by atoms with Gasteiger partial charge >= 0.3 is 0 Å². The average molecular weight is 228 g/mol. The van der Waals surface area contributed by atoms with Crippen molar-refractivity contribution in [2.45, 2.75) is 25.4 Å². The highest BCUT2D eigenvalue weighted by atomic mass is 35.5. The second-order valence-electron chi connectivity index (χ2n) is 3.57. The number of carbonyl (C=O) groups is 1. The Kier molecular flexibility index (Phi) is 3.97. The predicted molar refractivity (Wildman–Crippen MR) is 60.9 cm³/mol. The summed E-state index contributed by atoms with van der Waals surface area (Å²) in [6.45, 7) is 0.524. The van der Waals surface area contributed by atoms with Crippen LogP contribution in [-0.2, 0) is 16.0 Å². The molecule has 0 aliphatic heterocycles. The Bertz CT molecular complexity index is 354. The van der Waals surface area contributed by atoms with Crippen molar-refractivity contribution in [2.75, 3.05) is 5.73 Å². The number of anilines is 1. The Labute approximate surface area is 95.0 Å². The average Bonchev–Trinajstić information content (AvgIpc) is 2.18. The van der Waals surface area contributed by atoms with Crippen molar-refractivity contribution >= 4 is 24.6 Å². The number of benzene rings is 1. The van der Waals surface area contributed by atoms with Gasteiger partial charge in [0.2, 0.25) is 0 Å². The molecule has 0 spiro atoms. The second-order valence-corrected chi connectivity index (χ2v) is 3.57. The zero-order valence-electron chi connectivity index (χ0n) is 8.31. The van der Waals surface area contributed by atoms with E-state index in [1.54, 1.807) is 0 Å². The number of halogens is 1. The maximum atomic E-state index is 10.3. The minimum absolute atomic E-state index is 0.